The summed E-state index contributed by atoms with van der Waals surface area (Å²) in [4.78, 5) is 25.2. The number of amides is 2. The van der Waals surface area contributed by atoms with E-state index in [0.717, 1.165) is 5.56 Å². The average molecular weight is 373 g/mol. The van der Waals surface area contributed by atoms with Crippen molar-refractivity contribution in [3.8, 4) is 11.5 Å². The van der Waals surface area contributed by atoms with Crippen molar-refractivity contribution in [1.82, 2.24) is 5.32 Å². The van der Waals surface area contributed by atoms with Gasteiger partial charge in [-0.15, -0.1) is 0 Å². The highest BCUT2D eigenvalue weighted by atomic mass is 35.5. The Kier molecular flexibility index (Phi) is 4.20. The summed E-state index contributed by atoms with van der Waals surface area (Å²) in [7, 11) is 0. The van der Waals surface area contributed by atoms with Crippen LogP contribution in [0, 0.1) is 5.41 Å². The second-order valence-corrected chi connectivity index (χ2v) is 6.85. The van der Waals surface area contributed by atoms with E-state index in [2.05, 4.69) is 10.6 Å². The first-order valence-electron chi connectivity index (χ1n) is 8.31. The molecule has 2 aromatic carbocycles. The van der Waals surface area contributed by atoms with Gasteiger partial charge in [-0.2, -0.15) is 0 Å². The highest BCUT2D eigenvalue weighted by Gasteiger charge is 2.56. The minimum atomic E-state index is -0.997. The van der Waals surface area contributed by atoms with Crippen molar-refractivity contribution in [2.75, 3.05) is 12.1 Å². The van der Waals surface area contributed by atoms with Crippen molar-refractivity contribution in [1.29, 1.82) is 0 Å². The van der Waals surface area contributed by atoms with Crippen molar-refractivity contribution < 1.29 is 19.1 Å². The van der Waals surface area contributed by atoms with E-state index in [1.54, 1.807) is 30.3 Å². The largest absolute Gasteiger partial charge is 0.454 e. The summed E-state index contributed by atoms with van der Waals surface area (Å²) in [5.41, 5.74) is 0.508. The molecule has 1 aliphatic heterocycles. The van der Waals surface area contributed by atoms with Crippen molar-refractivity contribution in [2.45, 2.75) is 19.4 Å². The molecule has 0 spiro atoms. The fraction of sp³-hybridized carbons (Fsp3) is 0.263. The average Bonchev–Trinajstić information content (AvgIpc) is 3.33. The van der Waals surface area contributed by atoms with Gasteiger partial charge in [0.05, 0.1) is 0 Å². The Hall–Kier alpha value is -2.73. The minimum absolute atomic E-state index is 0.170. The molecule has 0 radical (unpaired) electrons. The van der Waals surface area contributed by atoms with E-state index in [4.69, 9.17) is 21.1 Å². The van der Waals surface area contributed by atoms with Gasteiger partial charge in [0.25, 0.3) is 0 Å². The lowest BCUT2D eigenvalue weighted by Gasteiger charge is -2.15. The molecule has 134 valence electrons. The lowest BCUT2D eigenvalue weighted by atomic mass is 10.0. The standard InChI is InChI=1S/C19H17ClN2O4/c20-13-3-1-12(2-4-13)10-21-17(23)19(7-8-19)18(24)22-14-5-6-15-16(9-14)26-11-25-15/h1-6,9H,7-8,10-11H2,(H,21,23)(H,22,24). The maximum absolute atomic E-state index is 12.6. The van der Waals surface area contributed by atoms with Gasteiger partial charge in [0.1, 0.15) is 5.41 Å². The third-order valence-electron chi connectivity index (χ3n) is 4.62. The van der Waals surface area contributed by atoms with E-state index in [1.807, 2.05) is 12.1 Å². The molecule has 2 amide bonds. The van der Waals surface area contributed by atoms with Gasteiger partial charge < -0.3 is 20.1 Å². The number of hydrogen-bond acceptors (Lipinski definition) is 4. The first-order chi connectivity index (χ1) is 12.6. The molecule has 0 atom stereocenters. The Labute approximate surface area is 155 Å². The number of rotatable bonds is 5. The van der Waals surface area contributed by atoms with E-state index in [1.165, 1.54) is 0 Å². The molecule has 6 nitrogen and oxygen atoms in total. The number of anilines is 1. The normalized spacial score (nSPS) is 16.0. The molecule has 0 aromatic heterocycles. The molecule has 0 bridgehead atoms. The second-order valence-electron chi connectivity index (χ2n) is 6.41. The predicted octanol–water partition coefficient (Wildman–Crippen LogP) is 3.10. The Morgan fingerprint density at radius 1 is 1.00 bits per heavy atom. The second kappa shape index (κ2) is 6.53. The number of carbonyl (C=O) groups excluding carboxylic acids is 2. The van der Waals surface area contributed by atoms with E-state index < -0.39 is 5.41 Å². The molecule has 0 saturated heterocycles. The monoisotopic (exact) mass is 372 g/mol. The van der Waals surface area contributed by atoms with Gasteiger partial charge in [-0.25, -0.2) is 0 Å². The highest BCUT2D eigenvalue weighted by Crippen LogP contribution is 2.47. The third kappa shape index (κ3) is 3.20. The summed E-state index contributed by atoms with van der Waals surface area (Å²) in [6.07, 6.45) is 1.08. The van der Waals surface area contributed by atoms with E-state index in [0.29, 0.717) is 41.6 Å². The summed E-state index contributed by atoms with van der Waals surface area (Å²) in [5, 5.41) is 6.29. The molecule has 1 aliphatic carbocycles. The van der Waals surface area contributed by atoms with Gasteiger partial charge in [0.2, 0.25) is 18.6 Å². The predicted molar refractivity (Wildman–Crippen MR) is 96.2 cm³/mol. The van der Waals surface area contributed by atoms with Crippen LogP contribution in [-0.2, 0) is 16.1 Å². The summed E-state index contributed by atoms with van der Waals surface area (Å²) in [6.45, 7) is 0.527. The number of carbonyl (C=O) groups is 2. The number of fused-ring (bicyclic) bond motifs is 1. The number of benzene rings is 2. The molecular formula is C19H17ClN2O4. The first-order valence-corrected chi connectivity index (χ1v) is 8.68. The lowest BCUT2D eigenvalue weighted by Crippen LogP contribution is -2.39. The maximum Gasteiger partial charge on any atom is 0.240 e. The van der Waals surface area contributed by atoms with Crippen LogP contribution in [0.4, 0.5) is 5.69 Å². The van der Waals surface area contributed by atoms with Crippen LogP contribution in [0.2, 0.25) is 5.02 Å². The zero-order valence-corrected chi connectivity index (χ0v) is 14.6. The van der Waals surface area contributed by atoms with Crippen LogP contribution in [0.25, 0.3) is 0 Å². The highest BCUT2D eigenvalue weighted by molar-refractivity contribution is 6.30. The molecule has 1 fully saturated rings. The van der Waals surface area contributed by atoms with Crippen LogP contribution in [0.5, 0.6) is 11.5 Å². The molecule has 0 unspecified atom stereocenters. The zero-order chi connectivity index (χ0) is 18.1. The molecule has 2 aliphatic rings. The van der Waals surface area contributed by atoms with Crippen LogP contribution in [-0.4, -0.2) is 18.6 Å². The number of halogens is 1. The van der Waals surface area contributed by atoms with Crippen molar-refractivity contribution >= 4 is 29.1 Å². The van der Waals surface area contributed by atoms with Gasteiger partial charge in [-0.3, -0.25) is 9.59 Å². The quantitative estimate of drug-likeness (QED) is 0.791. The summed E-state index contributed by atoms with van der Waals surface area (Å²) in [5.74, 6) is 0.667. The smallest absolute Gasteiger partial charge is 0.240 e. The van der Waals surface area contributed by atoms with E-state index in [-0.39, 0.29) is 18.6 Å². The Bertz CT molecular complexity index is 862. The van der Waals surface area contributed by atoms with Crippen LogP contribution < -0.4 is 20.1 Å². The molecule has 1 saturated carbocycles. The van der Waals surface area contributed by atoms with Crippen molar-refractivity contribution in [3.63, 3.8) is 0 Å². The Morgan fingerprint density at radius 2 is 1.73 bits per heavy atom. The van der Waals surface area contributed by atoms with E-state index >= 15 is 0 Å². The fourth-order valence-corrected chi connectivity index (χ4v) is 2.99. The van der Waals surface area contributed by atoms with E-state index in [9.17, 15) is 9.59 Å². The lowest BCUT2D eigenvalue weighted by molar-refractivity contribution is -0.134. The topological polar surface area (TPSA) is 76.7 Å². The van der Waals surface area contributed by atoms with Crippen LogP contribution in [0.3, 0.4) is 0 Å². The molecule has 4 rings (SSSR count). The van der Waals surface area contributed by atoms with Crippen molar-refractivity contribution in [2.24, 2.45) is 5.41 Å². The Balaban J connectivity index is 1.38. The Morgan fingerprint density at radius 3 is 2.46 bits per heavy atom. The summed E-state index contributed by atoms with van der Waals surface area (Å²) >= 11 is 5.85. The van der Waals surface area contributed by atoms with Crippen molar-refractivity contribution in [3.05, 3.63) is 53.1 Å². The number of hydrogen-bond donors (Lipinski definition) is 2. The van der Waals surface area contributed by atoms with Gasteiger partial charge in [-0.05, 0) is 42.7 Å². The summed E-state index contributed by atoms with van der Waals surface area (Å²) < 4.78 is 10.6. The molecular weight excluding hydrogens is 356 g/mol. The third-order valence-corrected chi connectivity index (χ3v) is 4.87. The number of ether oxygens (including phenoxy) is 2. The van der Waals surface area contributed by atoms with Gasteiger partial charge in [-0.1, -0.05) is 23.7 Å². The molecule has 1 heterocycles. The van der Waals surface area contributed by atoms with Gasteiger partial charge in [0.15, 0.2) is 11.5 Å². The molecule has 2 aromatic rings. The van der Waals surface area contributed by atoms with Crippen LogP contribution >= 0.6 is 11.6 Å². The van der Waals surface area contributed by atoms with Crippen LogP contribution in [0.1, 0.15) is 18.4 Å². The van der Waals surface area contributed by atoms with Gasteiger partial charge >= 0.3 is 0 Å². The van der Waals surface area contributed by atoms with Crippen LogP contribution in [0.15, 0.2) is 42.5 Å². The fourth-order valence-electron chi connectivity index (χ4n) is 2.86. The minimum Gasteiger partial charge on any atom is -0.454 e. The SMILES string of the molecule is O=C(NCc1ccc(Cl)cc1)C1(C(=O)Nc2ccc3c(c2)OCO3)CC1. The summed E-state index contributed by atoms with van der Waals surface area (Å²) in [6, 6.07) is 12.4. The molecule has 2 N–H and O–H groups in total. The molecule has 26 heavy (non-hydrogen) atoms. The maximum atomic E-state index is 12.6. The molecule has 7 heteroatoms. The zero-order valence-electron chi connectivity index (χ0n) is 13.9. The van der Waals surface area contributed by atoms with Gasteiger partial charge in [0, 0.05) is 23.3 Å². The number of nitrogens with one attached hydrogen (secondary N) is 2. The first kappa shape index (κ1) is 16.7.